The highest BCUT2D eigenvalue weighted by Gasteiger charge is 0.00644. The van der Waals surface area contributed by atoms with E-state index in [4.69, 9.17) is 0 Å². The lowest BCUT2D eigenvalue weighted by atomic mass is 12.0. The molecule has 0 radical (unpaired) electrons. The molecule has 0 aromatic carbocycles. The highest BCUT2D eigenvalue weighted by molar-refractivity contribution is 2.59. The van der Waals surface area contributed by atoms with Crippen LogP contribution in [0.2, 0.25) is 0 Å². The van der Waals surface area contributed by atoms with Gasteiger partial charge in [0.05, 0.1) is 0 Å². The average Bonchev–Trinajstić information content (AvgIpc) is 0. The zero-order valence-corrected chi connectivity index (χ0v) is 0. The summed E-state index contributed by atoms with van der Waals surface area (Å²) in [6, 6.07) is 0. The largest absolute Gasteiger partial charge is 0.0776 e. The van der Waals surface area contributed by atoms with Crippen LogP contribution in [0.5, 0.6) is 0 Å². The molecule has 0 aliphatic rings. The van der Waals surface area contributed by atoms with E-state index in [1.165, 1.54) is 0 Å². The molecule has 0 rings (SSSR count). The minimum Gasteiger partial charge on any atom is -0.0776 e. The van der Waals surface area contributed by atoms with Crippen LogP contribution >= 0.6 is 0 Å². The number of hydrogen-bond acceptors (Lipinski definition) is 0. The fraction of sp³-hybridized carbons (Fsp3) is 1.00. The highest BCUT2D eigenvalue weighted by atomic mass is 12.1. The molecule has 0 aromatic rings. The molecule has 0 spiro atoms. The zero-order valence-electron chi connectivity index (χ0n) is 0. The molecule has 0 atom stereocenters. The van der Waals surface area contributed by atoms with E-state index in [0.29, 0.717) is 0 Å². The lowest BCUT2D eigenvalue weighted by Gasteiger charge is -0.0786. The van der Waals surface area contributed by atoms with Crippen LogP contribution in [0.1, 0.15) is 704 Å². The second-order valence-corrected chi connectivity index (χ2v) is 0. The van der Waals surface area contributed by atoms with E-state index in [1.807, 2.05) is 0 Å². The standard InChI is InChI=1S/85CH4.51H2/h85*1H4;51*1H/i;;;;;;;;;;;;;;;;;;;;;;;;;;;;;;;;;;;;;;;;;;;;;;;;;;;;;;;;;;;;;;;;;;;;;;;;;;;;;;;;;;;;;34*1+2;;;;;;;;;;;;;;;;;. The SMILES string of the molecule is C.C.C.C.C.C.C.C.C.C.C.C.C.C.C.C.C.C.C.C.C.C.C.C.C.C.C.C.C.C.C.C.C.C.C.C.C.C.C.C.C.C.C.C.C.C.C.C.C.C.C.C.C.C.C.C.C.C.C.C.C.C.C.C.C.C.C.C.C.C.C.C.C.C.C.C.C.C.C.C.C.C.C.C.C.[3HH].[3HH].[3HH].[3HH].[3HH].[3HH].[3HH].[3HH].[3HH].[3HH].[3HH].[3HH].[3HH].[3HH].[3HH].[3HH].[3HH].[3HH].[3HH].[3HH].[3HH].[3HH].[3HH].[3HH].[3HH].[3HH].[3HH].[3HH].[3HH].[3HH].[3HH].[3HH].[3HH].[3HH].[HH].[HH].[HH].[HH].[HH].[HH].[HH].[HH].[HH].[HH].[HH].[HH].[HH].[HH].[HH].[HH].[HH]. The number of rotatable bonds is 0. The molecule has 782 valence electrons. The molecule has 0 heterocycles. The molecular weight excluding hydrogens is 1020 g/mol. The molecule has 0 N–H and O–H groups in total. The maximum absolute atomic E-state index is 0. The Morgan fingerprint density at radius 1 is 0.0353 bits per heavy atom. The van der Waals surface area contributed by atoms with Crippen molar-refractivity contribution in [2.75, 3.05) is 0 Å². The summed E-state index contributed by atoms with van der Waals surface area (Å²) >= 11 is 0. The van der Waals surface area contributed by atoms with Gasteiger partial charge >= 0.3 is 0 Å². The third-order valence-corrected chi connectivity index (χ3v) is 0. The van der Waals surface area contributed by atoms with Crippen LogP contribution in [0, 0.1) is 0 Å². The average molecular weight is 1530 g/mol. The first-order valence-corrected chi connectivity index (χ1v) is 0. The van der Waals surface area contributed by atoms with Crippen molar-refractivity contribution in [1.82, 2.24) is 0 Å². The van der Waals surface area contributed by atoms with E-state index in [1.54, 1.807) is 0 Å². The van der Waals surface area contributed by atoms with Gasteiger partial charge in [-0.25, -0.2) is 0 Å². The maximum Gasteiger partial charge on any atom is 0 e. The second kappa shape index (κ2) is 0. The Labute approximate surface area is 704 Å². The first kappa shape index (κ1) is 0. The molecule has 0 unspecified atom stereocenters. The van der Waals surface area contributed by atoms with Crippen molar-refractivity contribution >= 4 is 0 Å². The van der Waals surface area contributed by atoms with E-state index < -0.39 is 0 Å². The van der Waals surface area contributed by atoms with Crippen molar-refractivity contribution in [2.45, 2.75) is 631 Å². The summed E-state index contributed by atoms with van der Waals surface area (Å²) in [5, 5.41) is 0. The van der Waals surface area contributed by atoms with Crippen LogP contribution in [0.25, 0.3) is 0 Å². The van der Waals surface area contributed by atoms with Gasteiger partial charge in [-0.3, -0.25) is 0 Å². The van der Waals surface area contributed by atoms with Crippen molar-refractivity contribution in [2.24, 2.45) is 0 Å². The van der Waals surface area contributed by atoms with Crippen LogP contribution in [-0.2, 0) is 0 Å². The summed E-state index contributed by atoms with van der Waals surface area (Å²) in [6.07, 6.45) is 0. The quantitative estimate of drug-likeness (QED) is 0.227. The van der Waals surface area contributed by atoms with Crippen LogP contribution < -0.4 is 0 Å². The lowest BCUT2D eigenvalue weighted by Crippen LogP contribution is 0.143. The molecule has 0 aliphatic carbocycles. The molecule has 85 heavy (non-hydrogen) atoms. The van der Waals surface area contributed by atoms with Crippen molar-refractivity contribution in [3.8, 4) is 0 Å². The summed E-state index contributed by atoms with van der Waals surface area (Å²) in [5.74, 6) is 0. The zero-order chi connectivity index (χ0) is 0. The summed E-state index contributed by atoms with van der Waals surface area (Å²) in [5.41, 5.74) is 0. The maximum atomic E-state index is 0. The van der Waals surface area contributed by atoms with Crippen LogP contribution in [-0.4, -0.2) is 0 Å². The Balaban J connectivity index is 0. The predicted octanol–water partition coefficient (Wildman–Crippen LogP) is 66.6. The van der Waals surface area contributed by atoms with Gasteiger partial charge in [0.2, 0.25) is 0 Å². The molecular formula is C85H442. The van der Waals surface area contributed by atoms with Crippen molar-refractivity contribution in [1.29, 1.82) is 0 Å². The Hall–Kier alpha value is 0. The predicted molar refractivity (Wildman–Crippen MR) is 680 cm³/mol. The molecule has 0 bridgehead atoms. The van der Waals surface area contributed by atoms with Gasteiger partial charge in [0.25, 0.3) is 0 Å². The molecule has 0 saturated heterocycles. The van der Waals surface area contributed by atoms with Gasteiger partial charge < -0.3 is 0 Å². The van der Waals surface area contributed by atoms with E-state index in [-0.39, 0.29) is 704 Å². The van der Waals surface area contributed by atoms with Crippen molar-refractivity contribution in [3.05, 3.63) is 0 Å². The van der Waals surface area contributed by atoms with Crippen LogP contribution in [0.15, 0.2) is 0 Å². The molecule has 0 nitrogen and oxygen atoms in total. The van der Waals surface area contributed by atoms with Crippen LogP contribution in [0.4, 0.5) is 0 Å². The van der Waals surface area contributed by atoms with Crippen LogP contribution in [0.3, 0.4) is 0 Å². The van der Waals surface area contributed by atoms with E-state index >= 15 is 0 Å². The molecule has 0 heteroatoms. The molecule has 0 amide bonds. The van der Waals surface area contributed by atoms with Gasteiger partial charge in [-0.2, -0.15) is 0 Å². The topological polar surface area (TPSA) is 0 Å². The Kier molecular flexibility index (Phi) is 0. The Bertz CT molecular complexity index is 130. The van der Waals surface area contributed by atoms with Gasteiger partial charge in [0.1, 0.15) is 0 Å². The van der Waals surface area contributed by atoms with E-state index in [9.17, 15) is 0 Å². The fourth-order valence-corrected chi connectivity index (χ4v) is 0. The van der Waals surface area contributed by atoms with E-state index in [0.717, 1.165) is 0 Å². The molecule has 0 saturated carbocycles. The van der Waals surface area contributed by atoms with Crippen molar-refractivity contribution in [3.63, 3.8) is 0 Å². The monoisotopic (exact) mass is 1530 g/mol. The van der Waals surface area contributed by atoms with Crippen molar-refractivity contribution < 1.29 is 72.8 Å². The van der Waals surface area contributed by atoms with Gasteiger partial charge in [-0.05, 0) is 0 Å². The van der Waals surface area contributed by atoms with Gasteiger partial charge in [0, 0.05) is 72.8 Å². The smallest absolute Gasteiger partial charge is 0 e. The summed E-state index contributed by atoms with van der Waals surface area (Å²) in [6.45, 7) is 0. The summed E-state index contributed by atoms with van der Waals surface area (Å²) in [7, 11) is 0. The normalized spacial score (nSPS) is 0. The third kappa shape index (κ3) is 0. The first-order valence-electron chi connectivity index (χ1n) is 0. The van der Waals surface area contributed by atoms with Gasteiger partial charge in [-0.1, -0.05) is 631 Å². The second-order valence-electron chi connectivity index (χ2n) is 0. The highest BCUT2D eigenvalue weighted by Crippen LogP contribution is 0.228. The molecule has 0 aromatic heterocycles. The van der Waals surface area contributed by atoms with E-state index in [2.05, 4.69) is 0 Å². The van der Waals surface area contributed by atoms with Gasteiger partial charge in [-0.15, -0.1) is 0 Å². The number of hydrogen-bond donors (Lipinski definition) is 0. The minimum atomic E-state index is 0. The summed E-state index contributed by atoms with van der Waals surface area (Å²) < 4.78 is 0. The third-order valence-electron chi connectivity index (χ3n) is 0. The molecule has 0 aliphatic heterocycles. The molecule has 0 fully saturated rings. The Morgan fingerprint density at radius 2 is 0.0353 bits per heavy atom. The first-order chi connectivity index (χ1) is 0. The van der Waals surface area contributed by atoms with Gasteiger partial charge in [0.15, 0.2) is 0 Å². The fourth-order valence-electron chi connectivity index (χ4n) is 0. The summed E-state index contributed by atoms with van der Waals surface area (Å²) in [4.78, 5) is 0. The minimum absolute atomic E-state index is 0. The lowest BCUT2D eigenvalue weighted by molar-refractivity contribution is 2.50. The Morgan fingerprint density at radius 3 is 0.0353 bits per heavy atom.